The van der Waals surface area contributed by atoms with Gasteiger partial charge in [0.1, 0.15) is 11.6 Å². The largest absolute Gasteiger partial charge is 0.493 e. The molecular formula is C17H17BrN4O2. The molecule has 0 fully saturated rings. The number of nitrogens with zero attached hydrogens (tertiary/aromatic N) is 4. The Bertz CT molecular complexity index is 897. The Hall–Kier alpha value is -2.46. The average molecular weight is 389 g/mol. The molecule has 0 saturated heterocycles. The SMILES string of the molecule is CCC(C)n1c(O)c(C#N)c(C)c(N=Nc2cccc(Br)c2)c1=O. The zero-order valence-corrected chi connectivity index (χ0v) is 15.2. The molecule has 1 N–H and O–H groups in total. The molecule has 124 valence electrons. The van der Waals surface area contributed by atoms with Crippen molar-refractivity contribution < 1.29 is 5.11 Å². The third-order valence-corrected chi connectivity index (χ3v) is 4.31. The van der Waals surface area contributed by atoms with Gasteiger partial charge in [-0.1, -0.05) is 28.9 Å². The monoisotopic (exact) mass is 388 g/mol. The van der Waals surface area contributed by atoms with Crippen LogP contribution in [0.4, 0.5) is 11.4 Å². The zero-order chi connectivity index (χ0) is 17.9. The highest BCUT2D eigenvalue weighted by molar-refractivity contribution is 9.10. The standard InChI is InChI=1S/C17H17BrN4O2/c1-4-10(2)22-16(23)14(9-19)11(3)15(17(22)24)21-20-13-7-5-6-12(18)8-13/h5-8,10,23H,4H2,1-3H3. The molecule has 2 aromatic rings. The number of rotatable bonds is 4. The van der Waals surface area contributed by atoms with Gasteiger partial charge in [-0.15, -0.1) is 5.11 Å². The highest BCUT2D eigenvalue weighted by atomic mass is 79.9. The first-order chi connectivity index (χ1) is 11.4. The zero-order valence-electron chi connectivity index (χ0n) is 13.6. The molecule has 0 radical (unpaired) electrons. The predicted octanol–water partition coefficient (Wildman–Crippen LogP) is 4.88. The van der Waals surface area contributed by atoms with Gasteiger partial charge < -0.3 is 5.11 Å². The number of hydrogen-bond donors (Lipinski definition) is 1. The van der Waals surface area contributed by atoms with Crippen LogP contribution in [-0.4, -0.2) is 9.67 Å². The second-order valence-corrected chi connectivity index (χ2v) is 6.31. The van der Waals surface area contributed by atoms with Gasteiger partial charge in [-0.25, -0.2) is 0 Å². The van der Waals surface area contributed by atoms with E-state index in [0.29, 0.717) is 17.7 Å². The Balaban J connectivity index is 2.66. The first kappa shape index (κ1) is 17.9. The molecule has 1 aromatic heterocycles. The molecule has 1 heterocycles. The first-order valence-corrected chi connectivity index (χ1v) is 8.25. The minimum absolute atomic E-state index is 0.0399. The fourth-order valence-electron chi connectivity index (χ4n) is 2.27. The van der Waals surface area contributed by atoms with E-state index in [0.717, 1.165) is 4.47 Å². The van der Waals surface area contributed by atoms with Gasteiger partial charge in [0, 0.05) is 16.1 Å². The summed E-state index contributed by atoms with van der Waals surface area (Å²) in [5.74, 6) is -0.323. The van der Waals surface area contributed by atoms with Crippen LogP contribution in [-0.2, 0) is 0 Å². The smallest absolute Gasteiger partial charge is 0.281 e. The van der Waals surface area contributed by atoms with Crippen LogP contribution in [0.2, 0.25) is 0 Å². The lowest BCUT2D eigenvalue weighted by Gasteiger charge is -2.17. The first-order valence-electron chi connectivity index (χ1n) is 7.46. The Morgan fingerprint density at radius 1 is 1.42 bits per heavy atom. The van der Waals surface area contributed by atoms with Crippen LogP contribution >= 0.6 is 15.9 Å². The van der Waals surface area contributed by atoms with Crippen LogP contribution in [0.3, 0.4) is 0 Å². The number of aromatic hydroxyl groups is 1. The fourth-order valence-corrected chi connectivity index (χ4v) is 2.65. The quantitative estimate of drug-likeness (QED) is 0.756. The second kappa shape index (κ2) is 7.41. The van der Waals surface area contributed by atoms with E-state index in [1.807, 2.05) is 19.1 Å². The lowest BCUT2D eigenvalue weighted by molar-refractivity contribution is 0.372. The van der Waals surface area contributed by atoms with Crippen molar-refractivity contribution in [2.45, 2.75) is 33.2 Å². The molecule has 0 saturated carbocycles. The molecule has 1 atom stereocenters. The fraction of sp³-hybridized carbons (Fsp3) is 0.294. The Morgan fingerprint density at radius 3 is 2.71 bits per heavy atom. The van der Waals surface area contributed by atoms with Gasteiger partial charge in [0.15, 0.2) is 5.69 Å². The van der Waals surface area contributed by atoms with E-state index in [4.69, 9.17) is 0 Å². The van der Waals surface area contributed by atoms with Crippen molar-refractivity contribution in [2.24, 2.45) is 10.2 Å². The highest BCUT2D eigenvalue weighted by Gasteiger charge is 2.21. The molecule has 0 aliphatic carbocycles. The van der Waals surface area contributed by atoms with E-state index in [1.54, 1.807) is 32.0 Å². The normalized spacial score (nSPS) is 12.3. The molecule has 0 spiro atoms. The molecule has 1 aromatic carbocycles. The van der Waals surface area contributed by atoms with Crippen molar-refractivity contribution in [3.63, 3.8) is 0 Å². The number of aromatic nitrogens is 1. The van der Waals surface area contributed by atoms with Crippen molar-refractivity contribution >= 4 is 27.3 Å². The van der Waals surface area contributed by atoms with Gasteiger partial charge in [0.2, 0.25) is 5.88 Å². The topological polar surface area (TPSA) is 90.7 Å². The molecular weight excluding hydrogens is 372 g/mol. The summed E-state index contributed by atoms with van der Waals surface area (Å²) in [5.41, 5.74) is 0.531. The van der Waals surface area contributed by atoms with E-state index in [1.165, 1.54) is 4.57 Å². The van der Waals surface area contributed by atoms with Crippen LogP contribution in [0.25, 0.3) is 0 Å². The van der Waals surface area contributed by atoms with Gasteiger partial charge in [0.25, 0.3) is 5.56 Å². The third kappa shape index (κ3) is 3.39. The lowest BCUT2D eigenvalue weighted by Crippen LogP contribution is -2.24. The van der Waals surface area contributed by atoms with Crippen LogP contribution in [0.1, 0.15) is 37.4 Å². The van der Waals surface area contributed by atoms with Gasteiger partial charge in [0.05, 0.1) is 5.69 Å². The molecule has 0 aliphatic heterocycles. The summed E-state index contributed by atoms with van der Waals surface area (Å²) in [4.78, 5) is 12.7. The van der Waals surface area contributed by atoms with Crippen molar-refractivity contribution in [3.8, 4) is 11.9 Å². The third-order valence-electron chi connectivity index (χ3n) is 3.82. The molecule has 6 nitrogen and oxygen atoms in total. The molecule has 24 heavy (non-hydrogen) atoms. The van der Waals surface area contributed by atoms with Crippen LogP contribution < -0.4 is 5.56 Å². The van der Waals surface area contributed by atoms with E-state index >= 15 is 0 Å². The maximum Gasteiger partial charge on any atom is 0.281 e. The minimum atomic E-state index is -0.461. The number of benzene rings is 1. The maximum atomic E-state index is 12.7. The molecule has 0 amide bonds. The van der Waals surface area contributed by atoms with Crippen molar-refractivity contribution in [1.82, 2.24) is 4.57 Å². The van der Waals surface area contributed by atoms with Crippen LogP contribution in [0.5, 0.6) is 5.88 Å². The number of nitriles is 1. The van der Waals surface area contributed by atoms with Crippen molar-refractivity contribution in [3.05, 3.63) is 50.2 Å². The number of pyridine rings is 1. The highest BCUT2D eigenvalue weighted by Crippen LogP contribution is 2.29. The molecule has 0 aliphatic rings. The summed E-state index contributed by atoms with van der Waals surface area (Å²) in [5, 5.41) is 27.7. The van der Waals surface area contributed by atoms with Gasteiger partial charge in [-0.3, -0.25) is 9.36 Å². The predicted molar refractivity (Wildman–Crippen MR) is 95.1 cm³/mol. The Kier molecular flexibility index (Phi) is 5.52. The Labute approximate surface area is 148 Å². The van der Waals surface area contributed by atoms with Crippen molar-refractivity contribution in [2.75, 3.05) is 0 Å². The summed E-state index contributed by atoms with van der Waals surface area (Å²) < 4.78 is 2.04. The van der Waals surface area contributed by atoms with Gasteiger partial charge in [-0.05, 0) is 38.5 Å². The summed E-state index contributed by atoms with van der Waals surface area (Å²) >= 11 is 3.35. The molecule has 7 heteroatoms. The van der Waals surface area contributed by atoms with E-state index in [9.17, 15) is 15.2 Å². The molecule has 0 bridgehead atoms. The van der Waals surface area contributed by atoms with E-state index in [2.05, 4.69) is 26.2 Å². The van der Waals surface area contributed by atoms with Crippen molar-refractivity contribution in [1.29, 1.82) is 5.26 Å². The summed E-state index contributed by atoms with van der Waals surface area (Å²) in [7, 11) is 0. The summed E-state index contributed by atoms with van der Waals surface area (Å²) in [6, 6.07) is 8.86. The number of azo groups is 1. The van der Waals surface area contributed by atoms with Crippen LogP contribution in [0.15, 0.2) is 43.8 Å². The van der Waals surface area contributed by atoms with E-state index in [-0.39, 0.29) is 23.2 Å². The molecule has 1 unspecified atom stereocenters. The Morgan fingerprint density at radius 2 is 2.12 bits per heavy atom. The number of halogens is 1. The average Bonchev–Trinajstić information content (AvgIpc) is 2.55. The maximum absolute atomic E-state index is 12.7. The van der Waals surface area contributed by atoms with Gasteiger partial charge in [-0.2, -0.15) is 10.4 Å². The minimum Gasteiger partial charge on any atom is -0.493 e. The van der Waals surface area contributed by atoms with Crippen LogP contribution in [0, 0.1) is 18.3 Å². The second-order valence-electron chi connectivity index (χ2n) is 5.40. The summed E-state index contributed by atoms with van der Waals surface area (Å²) in [6.07, 6.45) is 0.629. The molecule has 2 rings (SSSR count). The van der Waals surface area contributed by atoms with E-state index < -0.39 is 5.56 Å². The number of hydrogen-bond acceptors (Lipinski definition) is 5. The lowest BCUT2D eigenvalue weighted by atomic mass is 10.1. The summed E-state index contributed by atoms with van der Waals surface area (Å²) in [6.45, 7) is 5.27. The van der Waals surface area contributed by atoms with Gasteiger partial charge >= 0.3 is 0 Å².